The second-order valence-corrected chi connectivity index (χ2v) is 5.48. The molecule has 6 heteroatoms. The Morgan fingerprint density at radius 2 is 2.20 bits per heavy atom. The van der Waals surface area contributed by atoms with Crippen LogP contribution >= 0.6 is 0 Å². The molecule has 0 saturated carbocycles. The van der Waals surface area contributed by atoms with Crippen molar-refractivity contribution in [1.29, 1.82) is 0 Å². The van der Waals surface area contributed by atoms with E-state index in [9.17, 15) is 0 Å². The van der Waals surface area contributed by atoms with Crippen molar-refractivity contribution in [3.05, 3.63) is 18.7 Å². The van der Waals surface area contributed by atoms with Crippen LogP contribution in [0, 0.1) is 5.92 Å². The number of nitrogens with one attached hydrogen (secondary N) is 1. The van der Waals surface area contributed by atoms with Crippen molar-refractivity contribution in [2.75, 3.05) is 24.5 Å². The van der Waals surface area contributed by atoms with Crippen molar-refractivity contribution in [3.8, 4) is 0 Å². The highest BCUT2D eigenvalue weighted by molar-refractivity contribution is 5.63. The lowest BCUT2D eigenvalue weighted by Gasteiger charge is -2.35. The standard InChI is InChI=1S/C14H22N6/c1-3-15-11(2)12-4-7-19(8-5-12)13-14-18-17-10-20(14)9-6-16-13/h6,9-12,15H,3-5,7-8H2,1-2H3. The molecule has 0 aromatic carbocycles. The molecule has 0 amide bonds. The Morgan fingerprint density at radius 1 is 1.40 bits per heavy atom. The van der Waals surface area contributed by atoms with Crippen LogP contribution in [-0.2, 0) is 0 Å². The molecule has 1 aliphatic rings. The third-order valence-corrected chi connectivity index (χ3v) is 4.27. The summed E-state index contributed by atoms with van der Waals surface area (Å²) >= 11 is 0. The van der Waals surface area contributed by atoms with E-state index in [-0.39, 0.29) is 0 Å². The van der Waals surface area contributed by atoms with Crippen LogP contribution in [0.5, 0.6) is 0 Å². The molecule has 1 N–H and O–H groups in total. The average Bonchev–Trinajstić information content (AvgIpc) is 2.96. The lowest BCUT2D eigenvalue weighted by molar-refractivity contribution is 0.314. The summed E-state index contributed by atoms with van der Waals surface area (Å²) in [6.07, 6.45) is 7.83. The van der Waals surface area contributed by atoms with Crippen LogP contribution in [0.4, 0.5) is 5.82 Å². The fourth-order valence-electron chi connectivity index (χ4n) is 3.07. The van der Waals surface area contributed by atoms with Crippen LogP contribution < -0.4 is 10.2 Å². The predicted molar refractivity (Wildman–Crippen MR) is 78.9 cm³/mol. The van der Waals surface area contributed by atoms with Crippen LogP contribution in [0.3, 0.4) is 0 Å². The summed E-state index contributed by atoms with van der Waals surface area (Å²) in [5.41, 5.74) is 0.852. The zero-order valence-corrected chi connectivity index (χ0v) is 12.2. The highest BCUT2D eigenvalue weighted by Crippen LogP contribution is 2.25. The van der Waals surface area contributed by atoms with Crippen molar-refractivity contribution >= 4 is 11.5 Å². The van der Waals surface area contributed by atoms with Gasteiger partial charge in [-0.05, 0) is 32.2 Å². The Balaban J connectivity index is 1.70. The number of nitrogens with zero attached hydrogens (tertiary/aromatic N) is 5. The van der Waals surface area contributed by atoms with Gasteiger partial charge in [0.15, 0.2) is 5.82 Å². The molecule has 2 aromatic heterocycles. The number of hydrogen-bond donors (Lipinski definition) is 1. The van der Waals surface area contributed by atoms with Gasteiger partial charge in [0.05, 0.1) is 0 Å². The molecule has 1 fully saturated rings. The minimum absolute atomic E-state index is 0.596. The minimum Gasteiger partial charge on any atom is -0.353 e. The van der Waals surface area contributed by atoms with E-state index in [1.54, 1.807) is 6.33 Å². The maximum Gasteiger partial charge on any atom is 0.203 e. The first-order valence-electron chi connectivity index (χ1n) is 7.42. The Labute approximate surface area is 119 Å². The van der Waals surface area contributed by atoms with Gasteiger partial charge in [0.1, 0.15) is 6.33 Å². The molecule has 20 heavy (non-hydrogen) atoms. The summed E-state index contributed by atoms with van der Waals surface area (Å²) in [6, 6.07) is 0.596. The van der Waals surface area contributed by atoms with Gasteiger partial charge in [0.25, 0.3) is 0 Å². The summed E-state index contributed by atoms with van der Waals surface area (Å²) in [6.45, 7) is 7.59. The van der Waals surface area contributed by atoms with E-state index >= 15 is 0 Å². The van der Waals surface area contributed by atoms with E-state index in [0.29, 0.717) is 6.04 Å². The van der Waals surface area contributed by atoms with E-state index in [1.165, 1.54) is 12.8 Å². The second kappa shape index (κ2) is 5.75. The molecule has 1 atom stereocenters. The van der Waals surface area contributed by atoms with Crippen molar-refractivity contribution in [3.63, 3.8) is 0 Å². The molecule has 0 spiro atoms. The molecular weight excluding hydrogens is 252 g/mol. The maximum atomic E-state index is 4.50. The monoisotopic (exact) mass is 274 g/mol. The highest BCUT2D eigenvalue weighted by atomic mass is 15.3. The van der Waals surface area contributed by atoms with E-state index in [4.69, 9.17) is 0 Å². The average molecular weight is 274 g/mol. The zero-order valence-electron chi connectivity index (χ0n) is 12.2. The van der Waals surface area contributed by atoms with Gasteiger partial charge in [-0.25, -0.2) is 4.98 Å². The maximum absolute atomic E-state index is 4.50. The zero-order chi connectivity index (χ0) is 13.9. The van der Waals surface area contributed by atoms with Crippen molar-refractivity contribution in [2.24, 2.45) is 5.92 Å². The third-order valence-electron chi connectivity index (χ3n) is 4.27. The van der Waals surface area contributed by atoms with E-state index in [1.807, 2.05) is 16.8 Å². The summed E-state index contributed by atoms with van der Waals surface area (Å²) in [4.78, 5) is 6.83. The SMILES string of the molecule is CCNC(C)C1CCN(c2nccn3cnnc23)CC1. The highest BCUT2D eigenvalue weighted by Gasteiger charge is 2.25. The van der Waals surface area contributed by atoms with Gasteiger partial charge in [-0.3, -0.25) is 4.40 Å². The summed E-state index contributed by atoms with van der Waals surface area (Å²) in [7, 11) is 0. The molecule has 6 nitrogen and oxygen atoms in total. The van der Waals surface area contributed by atoms with Crippen LogP contribution in [0.25, 0.3) is 5.65 Å². The number of hydrogen-bond acceptors (Lipinski definition) is 5. The number of anilines is 1. The summed E-state index contributed by atoms with van der Waals surface area (Å²) < 4.78 is 1.93. The molecular formula is C14H22N6. The molecule has 0 radical (unpaired) electrons. The van der Waals surface area contributed by atoms with Gasteiger partial charge in [-0.2, -0.15) is 0 Å². The Morgan fingerprint density at radius 3 is 2.95 bits per heavy atom. The molecule has 0 bridgehead atoms. The molecule has 3 rings (SSSR count). The smallest absolute Gasteiger partial charge is 0.203 e. The van der Waals surface area contributed by atoms with E-state index in [2.05, 4.69) is 39.2 Å². The summed E-state index contributed by atoms with van der Waals surface area (Å²) in [5.74, 6) is 1.71. The van der Waals surface area contributed by atoms with Crippen LogP contribution in [-0.4, -0.2) is 45.3 Å². The minimum atomic E-state index is 0.596. The van der Waals surface area contributed by atoms with E-state index < -0.39 is 0 Å². The van der Waals surface area contributed by atoms with Crippen molar-refractivity contribution in [1.82, 2.24) is 24.9 Å². The molecule has 2 aromatic rings. The van der Waals surface area contributed by atoms with Gasteiger partial charge >= 0.3 is 0 Å². The molecule has 1 aliphatic heterocycles. The van der Waals surface area contributed by atoms with Crippen LogP contribution in [0.15, 0.2) is 18.7 Å². The number of rotatable bonds is 4. The Hall–Kier alpha value is -1.69. The first-order valence-corrected chi connectivity index (χ1v) is 7.42. The van der Waals surface area contributed by atoms with Gasteiger partial charge < -0.3 is 10.2 Å². The van der Waals surface area contributed by atoms with Gasteiger partial charge in [-0.15, -0.1) is 10.2 Å². The topological polar surface area (TPSA) is 58.4 Å². The first kappa shape index (κ1) is 13.3. The third kappa shape index (κ3) is 2.47. The molecule has 0 aliphatic carbocycles. The molecule has 1 unspecified atom stereocenters. The van der Waals surface area contributed by atoms with Gasteiger partial charge in [-0.1, -0.05) is 6.92 Å². The fraction of sp³-hybridized carbons (Fsp3) is 0.643. The van der Waals surface area contributed by atoms with E-state index in [0.717, 1.165) is 37.0 Å². The number of fused-ring (bicyclic) bond motifs is 1. The predicted octanol–water partition coefficient (Wildman–Crippen LogP) is 1.34. The lowest BCUT2D eigenvalue weighted by Crippen LogP contribution is -2.42. The Kier molecular flexibility index (Phi) is 3.82. The van der Waals surface area contributed by atoms with Crippen LogP contribution in [0.1, 0.15) is 26.7 Å². The first-order chi connectivity index (χ1) is 9.79. The second-order valence-electron chi connectivity index (χ2n) is 5.48. The van der Waals surface area contributed by atoms with Gasteiger partial charge in [0, 0.05) is 31.5 Å². The van der Waals surface area contributed by atoms with Crippen molar-refractivity contribution < 1.29 is 0 Å². The molecule has 3 heterocycles. The molecule has 108 valence electrons. The molecule has 1 saturated heterocycles. The lowest BCUT2D eigenvalue weighted by atomic mass is 9.90. The van der Waals surface area contributed by atoms with Crippen LogP contribution in [0.2, 0.25) is 0 Å². The summed E-state index contributed by atoms with van der Waals surface area (Å²) in [5, 5.41) is 11.7. The number of piperidine rings is 1. The fourth-order valence-corrected chi connectivity index (χ4v) is 3.07. The Bertz CT molecular complexity index is 558. The number of aromatic nitrogens is 4. The normalized spacial score (nSPS) is 18.6. The quantitative estimate of drug-likeness (QED) is 0.911. The largest absolute Gasteiger partial charge is 0.353 e. The van der Waals surface area contributed by atoms with Crippen molar-refractivity contribution in [2.45, 2.75) is 32.7 Å². The van der Waals surface area contributed by atoms with Gasteiger partial charge in [0.2, 0.25) is 5.65 Å².